The number of nitrogens with zero attached hydrogens (tertiary/aromatic N) is 3. The second-order valence-corrected chi connectivity index (χ2v) is 8.73. The van der Waals surface area contributed by atoms with Crippen LogP contribution in [0.15, 0.2) is 23.6 Å². The number of rotatable bonds is 7. The quantitative estimate of drug-likeness (QED) is 0.546. The molecule has 9 heteroatoms. The number of thiazole rings is 1. The van der Waals surface area contributed by atoms with E-state index in [4.69, 9.17) is 4.74 Å². The minimum absolute atomic E-state index is 0.00380. The number of aromatic amines is 1. The maximum absolute atomic E-state index is 12.6. The Morgan fingerprint density at radius 3 is 2.87 bits per heavy atom. The zero-order valence-electron chi connectivity index (χ0n) is 17.8. The Kier molecular flexibility index (Phi) is 6.62. The Hall–Kier alpha value is -2.78. The molecule has 0 radical (unpaired) electrons. The van der Waals surface area contributed by atoms with Gasteiger partial charge < -0.3 is 15.0 Å². The summed E-state index contributed by atoms with van der Waals surface area (Å²) in [5.74, 6) is 0.612. The number of hydrogen-bond donors (Lipinski definition) is 2. The molecule has 1 amide bonds. The lowest BCUT2D eigenvalue weighted by Gasteiger charge is -2.30. The second-order valence-electron chi connectivity index (χ2n) is 7.87. The number of benzene rings is 1. The summed E-state index contributed by atoms with van der Waals surface area (Å²) < 4.78 is 4.93. The number of hydrogen-bond acceptors (Lipinski definition) is 7. The van der Waals surface area contributed by atoms with E-state index >= 15 is 0 Å². The number of amides is 1. The second kappa shape index (κ2) is 9.57. The molecule has 1 aliphatic rings. The van der Waals surface area contributed by atoms with Crippen LogP contribution in [0.4, 0.5) is 5.13 Å². The molecule has 0 unspecified atom stereocenters. The zero-order chi connectivity index (χ0) is 21.8. The van der Waals surface area contributed by atoms with Gasteiger partial charge in [0, 0.05) is 11.3 Å². The Morgan fingerprint density at radius 2 is 2.10 bits per heavy atom. The fourth-order valence-electron chi connectivity index (χ4n) is 3.83. The summed E-state index contributed by atoms with van der Waals surface area (Å²) in [6.07, 6.45) is 1.72. The highest BCUT2D eigenvalue weighted by Crippen LogP contribution is 2.23. The van der Waals surface area contributed by atoms with E-state index in [1.54, 1.807) is 12.3 Å². The third-order valence-electron chi connectivity index (χ3n) is 5.43. The van der Waals surface area contributed by atoms with Gasteiger partial charge in [0.1, 0.15) is 5.82 Å². The van der Waals surface area contributed by atoms with Crippen molar-refractivity contribution in [2.24, 2.45) is 5.92 Å². The third-order valence-corrected chi connectivity index (χ3v) is 6.24. The summed E-state index contributed by atoms with van der Waals surface area (Å²) >= 11 is 1.33. The average molecular weight is 442 g/mol. The van der Waals surface area contributed by atoms with E-state index < -0.39 is 0 Å². The molecule has 164 valence electrons. The normalized spacial score (nSPS) is 15.3. The topological polar surface area (TPSA) is 100 Å². The number of aryl methyl sites for hydroxylation is 1. The van der Waals surface area contributed by atoms with Crippen LogP contribution in [0.5, 0.6) is 0 Å². The first-order valence-electron chi connectivity index (χ1n) is 10.6. The lowest BCUT2D eigenvalue weighted by atomic mass is 9.96. The first-order chi connectivity index (χ1) is 15.0. The minimum atomic E-state index is -0.308. The van der Waals surface area contributed by atoms with E-state index in [2.05, 4.69) is 44.2 Å². The number of imidazole rings is 1. The van der Waals surface area contributed by atoms with Gasteiger partial charge in [-0.3, -0.25) is 14.5 Å². The minimum Gasteiger partial charge on any atom is -0.466 e. The number of fused-ring (bicyclic) bond motifs is 1. The highest BCUT2D eigenvalue weighted by atomic mass is 32.1. The van der Waals surface area contributed by atoms with Crippen molar-refractivity contribution >= 4 is 39.4 Å². The molecule has 1 saturated heterocycles. The molecule has 2 aromatic heterocycles. The van der Waals surface area contributed by atoms with Crippen molar-refractivity contribution in [3.63, 3.8) is 0 Å². The molecule has 1 aromatic carbocycles. The highest BCUT2D eigenvalue weighted by Gasteiger charge is 2.26. The molecule has 3 heterocycles. The van der Waals surface area contributed by atoms with Crippen molar-refractivity contribution in [1.82, 2.24) is 19.9 Å². The van der Waals surface area contributed by atoms with E-state index in [1.807, 2.05) is 6.07 Å². The smallest absolute Gasteiger partial charge is 0.311 e. The van der Waals surface area contributed by atoms with Crippen molar-refractivity contribution in [3.05, 3.63) is 40.7 Å². The van der Waals surface area contributed by atoms with Gasteiger partial charge in [-0.1, -0.05) is 6.07 Å². The number of aromatic nitrogens is 3. The van der Waals surface area contributed by atoms with Gasteiger partial charge >= 0.3 is 5.97 Å². The van der Waals surface area contributed by atoms with Crippen LogP contribution in [0.25, 0.3) is 11.0 Å². The molecule has 0 aliphatic carbocycles. The lowest BCUT2D eigenvalue weighted by Crippen LogP contribution is -2.38. The summed E-state index contributed by atoms with van der Waals surface area (Å²) in [5.41, 5.74) is 3.88. The molecule has 0 atom stereocenters. The first-order valence-corrected chi connectivity index (χ1v) is 11.5. The van der Waals surface area contributed by atoms with E-state index in [9.17, 15) is 9.59 Å². The monoisotopic (exact) mass is 441 g/mol. The van der Waals surface area contributed by atoms with Gasteiger partial charge in [-0.05, 0) is 57.5 Å². The molecule has 0 saturated carbocycles. The van der Waals surface area contributed by atoms with Crippen molar-refractivity contribution in [1.29, 1.82) is 0 Å². The number of ether oxygens (including phenoxy) is 1. The molecule has 4 rings (SSSR count). The van der Waals surface area contributed by atoms with Gasteiger partial charge in [0.2, 0.25) is 5.91 Å². The molecule has 1 aliphatic heterocycles. The van der Waals surface area contributed by atoms with Gasteiger partial charge in [-0.2, -0.15) is 0 Å². The van der Waals surface area contributed by atoms with Crippen molar-refractivity contribution in [3.8, 4) is 0 Å². The summed E-state index contributed by atoms with van der Waals surface area (Å²) in [4.78, 5) is 38.9. The van der Waals surface area contributed by atoms with E-state index in [-0.39, 0.29) is 24.2 Å². The SMILES string of the molecule is CCOC(=O)Cc1csc(NC(=O)C2CCN(Cc3nc4ccc(C)cc4[nH]3)CC2)n1. The Balaban J connectivity index is 1.26. The molecule has 31 heavy (non-hydrogen) atoms. The Bertz CT molecular complexity index is 1070. The van der Waals surface area contributed by atoms with E-state index in [0.717, 1.165) is 49.3 Å². The fourth-order valence-corrected chi connectivity index (χ4v) is 4.54. The van der Waals surface area contributed by atoms with Crippen LogP contribution in [-0.4, -0.2) is 51.4 Å². The zero-order valence-corrected chi connectivity index (χ0v) is 18.6. The predicted molar refractivity (Wildman–Crippen MR) is 120 cm³/mol. The summed E-state index contributed by atoms with van der Waals surface area (Å²) in [7, 11) is 0. The maximum atomic E-state index is 12.6. The number of carbonyl (C=O) groups excluding carboxylic acids is 2. The molecule has 2 N–H and O–H groups in total. The van der Waals surface area contributed by atoms with Crippen LogP contribution in [-0.2, 0) is 27.3 Å². The van der Waals surface area contributed by atoms with Gasteiger partial charge in [0.05, 0.1) is 36.3 Å². The number of nitrogens with one attached hydrogen (secondary N) is 2. The van der Waals surface area contributed by atoms with Gasteiger partial charge in [0.15, 0.2) is 5.13 Å². The van der Waals surface area contributed by atoms with Crippen LogP contribution in [0.3, 0.4) is 0 Å². The summed E-state index contributed by atoms with van der Waals surface area (Å²) in [6, 6.07) is 6.22. The maximum Gasteiger partial charge on any atom is 0.311 e. The molecule has 8 nitrogen and oxygen atoms in total. The van der Waals surface area contributed by atoms with Crippen LogP contribution in [0.2, 0.25) is 0 Å². The number of anilines is 1. The van der Waals surface area contributed by atoms with Crippen LogP contribution >= 0.6 is 11.3 Å². The first kappa shape index (κ1) is 21.5. The standard InChI is InChI=1S/C22H27N5O3S/c1-3-30-20(28)11-16-13-31-22(23-16)26-21(29)15-6-8-27(9-7-15)12-19-24-17-5-4-14(2)10-18(17)25-19/h4-5,10,13,15H,3,6-9,11-12H2,1-2H3,(H,24,25)(H,23,26,29). The fraction of sp³-hybridized carbons (Fsp3) is 0.455. The van der Waals surface area contributed by atoms with Crippen molar-refractivity contribution in [2.75, 3.05) is 25.0 Å². The summed E-state index contributed by atoms with van der Waals surface area (Å²) in [5, 5.41) is 5.22. The van der Waals surface area contributed by atoms with Crippen LogP contribution in [0, 0.1) is 12.8 Å². The highest BCUT2D eigenvalue weighted by molar-refractivity contribution is 7.13. The number of likely N-dealkylation sites (tertiary alicyclic amines) is 1. The number of esters is 1. The number of carbonyl (C=O) groups is 2. The van der Waals surface area contributed by atoms with Crippen LogP contribution < -0.4 is 5.32 Å². The average Bonchev–Trinajstić information content (AvgIpc) is 3.34. The van der Waals surface area contributed by atoms with E-state index in [0.29, 0.717) is 17.4 Å². The van der Waals surface area contributed by atoms with Gasteiger partial charge in [-0.15, -0.1) is 11.3 Å². The van der Waals surface area contributed by atoms with Crippen molar-refractivity contribution < 1.29 is 14.3 Å². The molecule has 0 bridgehead atoms. The van der Waals surface area contributed by atoms with Crippen LogP contribution in [0.1, 0.15) is 36.8 Å². The van der Waals surface area contributed by atoms with Gasteiger partial charge in [0.25, 0.3) is 0 Å². The van der Waals surface area contributed by atoms with Crippen molar-refractivity contribution in [2.45, 2.75) is 39.7 Å². The van der Waals surface area contributed by atoms with Gasteiger partial charge in [-0.25, -0.2) is 9.97 Å². The molecular formula is C22H27N5O3S. The third kappa shape index (κ3) is 5.48. The largest absolute Gasteiger partial charge is 0.466 e. The van der Waals surface area contributed by atoms with E-state index in [1.165, 1.54) is 16.9 Å². The molecule has 3 aromatic rings. The number of piperidine rings is 1. The predicted octanol–water partition coefficient (Wildman–Crippen LogP) is 3.28. The summed E-state index contributed by atoms with van der Waals surface area (Å²) in [6.45, 7) is 6.64. The molecular weight excluding hydrogens is 414 g/mol. The lowest BCUT2D eigenvalue weighted by molar-refractivity contribution is -0.142. The Morgan fingerprint density at radius 1 is 1.29 bits per heavy atom. The molecule has 0 spiro atoms. The Labute approximate surface area is 185 Å². The number of H-pyrrole nitrogens is 1. The molecule has 1 fully saturated rings.